The van der Waals surface area contributed by atoms with E-state index in [0.29, 0.717) is 29.9 Å². The summed E-state index contributed by atoms with van der Waals surface area (Å²) in [5.74, 6) is 6.25. The largest absolute Gasteiger partial charge is 0.490 e. The molecule has 0 amide bonds. The maximum Gasteiger partial charge on any atom is 0.338 e. The normalized spacial score (nSPS) is 28.3. The van der Waals surface area contributed by atoms with Gasteiger partial charge in [0.15, 0.2) is 11.5 Å². The van der Waals surface area contributed by atoms with Crippen molar-refractivity contribution in [3.8, 4) is 11.5 Å². The molecule has 4 aliphatic rings. The number of ether oxygens (including phenoxy) is 3. The number of hydrogen-bond acceptors (Lipinski definition) is 4. The molecule has 8 atom stereocenters. The Morgan fingerprint density at radius 2 is 1.31 bits per heavy atom. The summed E-state index contributed by atoms with van der Waals surface area (Å²) in [7, 11) is 0. The van der Waals surface area contributed by atoms with Gasteiger partial charge in [-0.05, 0) is 122 Å². The third kappa shape index (κ3) is 12.8. The van der Waals surface area contributed by atoms with Crippen LogP contribution in [0.15, 0.2) is 29.8 Å². The summed E-state index contributed by atoms with van der Waals surface area (Å²) >= 11 is 0. The number of carbonyl (C=O) groups is 1. The van der Waals surface area contributed by atoms with E-state index in [0.717, 1.165) is 73.4 Å². The van der Waals surface area contributed by atoms with Crippen LogP contribution < -0.4 is 9.47 Å². The van der Waals surface area contributed by atoms with E-state index in [1.54, 1.807) is 5.57 Å². The molecule has 0 heterocycles. The Hall–Kier alpha value is -1.97. The summed E-state index contributed by atoms with van der Waals surface area (Å²) in [6.07, 6.45) is 36.9. The van der Waals surface area contributed by atoms with Crippen molar-refractivity contribution in [3.63, 3.8) is 0 Å². The molecule has 1 aromatic rings. The fraction of sp³-hybridized carbons (Fsp3) is 0.833. The second-order valence-corrected chi connectivity index (χ2v) is 20.9. The highest BCUT2D eigenvalue weighted by molar-refractivity contribution is 5.90. The minimum absolute atomic E-state index is 0.0561. The van der Waals surface area contributed by atoms with Gasteiger partial charge in [-0.1, -0.05) is 169 Å². The van der Waals surface area contributed by atoms with E-state index in [1.807, 2.05) is 18.2 Å². The molecular weight excluding hydrogens is 713 g/mol. The number of esters is 1. The van der Waals surface area contributed by atoms with Gasteiger partial charge in [0.1, 0.15) is 6.10 Å². The molecule has 4 aliphatic carbocycles. The van der Waals surface area contributed by atoms with Crippen LogP contribution in [0, 0.1) is 46.3 Å². The SMILES string of the molecule is CCCCCCCCCCOc1ccc(C(=O)OC2CC[C@@]3(C)C(=CC[C@H]4[C@@H]5CC[C@H]([C@H](C)CCCC(C)C)[C@@]5(C)CC[C@@H]43)C2)cc1OCCCCCCCCCC. The zero-order valence-electron chi connectivity index (χ0n) is 39.0. The van der Waals surface area contributed by atoms with Gasteiger partial charge in [-0.15, -0.1) is 0 Å². The maximum absolute atomic E-state index is 13.8. The molecule has 4 heteroatoms. The van der Waals surface area contributed by atoms with Gasteiger partial charge in [-0.3, -0.25) is 0 Å². The molecule has 0 saturated heterocycles. The van der Waals surface area contributed by atoms with E-state index in [-0.39, 0.29) is 17.5 Å². The lowest BCUT2D eigenvalue weighted by molar-refractivity contribution is -0.0594. The Bertz CT molecular complexity index is 1380. The molecule has 0 aromatic heterocycles. The van der Waals surface area contributed by atoms with Crippen molar-refractivity contribution >= 4 is 5.97 Å². The smallest absolute Gasteiger partial charge is 0.338 e. The zero-order chi connectivity index (χ0) is 41.4. The molecule has 0 aliphatic heterocycles. The van der Waals surface area contributed by atoms with E-state index in [9.17, 15) is 4.79 Å². The van der Waals surface area contributed by atoms with Crippen LogP contribution in [0.1, 0.15) is 232 Å². The van der Waals surface area contributed by atoms with Crippen LogP contribution in [0.3, 0.4) is 0 Å². The van der Waals surface area contributed by atoms with Crippen LogP contribution in [-0.2, 0) is 4.74 Å². The van der Waals surface area contributed by atoms with Crippen molar-refractivity contribution in [1.82, 2.24) is 0 Å². The van der Waals surface area contributed by atoms with E-state index in [4.69, 9.17) is 14.2 Å². The lowest BCUT2D eigenvalue weighted by Crippen LogP contribution is -2.51. The lowest BCUT2D eigenvalue weighted by atomic mass is 9.47. The van der Waals surface area contributed by atoms with Crippen LogP contribution in [0.4, 0.5) is 0 Å². The molecule has 1 unspecified atom stereocenters. The van der Waals surface area contributed by atoms with E-state index in [2.05, 4.69) is 54.5 Å². The standard InChI is InChI=1S/C54H90O4/c1-8-10-12-14-16-18-20-22-37-56-50-32-27-43(39-51(50)57-38-23-21-19-17-15-13-11-9-2)52(55)58-45-33-35-53(6)44(40-45)28-29-46-48-31-30-47(42(5)26-24-25-41(3)4)54(48,7)36-34-49(46)53/h27-28,32,39,41-42,45-49H,8-26,29-31,33-38,40H2,1-7H3/t42-,45?,46+,47-,48+,49+,53+,54-/m1/s1. The molecule has 0 radical (unpaired) electrons. The first-order valence-corrected chi connectivity index (χ1v) is 25.4. The van der Waals surface area contributed by atoms with E-state index in [1.165, 1.54) is 141 Å². The van der Waals surface area contributed by atoms with Gasteiger partial charge >= 0.3 is 5.97 Å². The zero-order valence-corrected chi connectivity index (χ0v) is 39.0. The Kier molecular flexibility index (Phi) is 19.4. The highest BCUT2D eigenvalue weighted by atomic mass is 16.5. The van der Waals surface area contributed by atoms with Crippen molar-refractivity contribution in [2.75, 3.05) is 13.2 Å². The fourth-order valence-corrected chi connectivity index (χ4v) is 12.7. The predicted octanol–water partition coefficient (Wildman–Crippen LogP) is 16.3. The second kappa shape index (κ2) is 23.9. The average molecular weight is 803 g/mol. The van der Waals surface area contributed by atoms with Gasteiger partial charge in [0.2, 0.25) is 0 Å². The molecule has 3 saturated carbocycles. The third-order valence-electron chi connectivity index (χ3n) is 16.2. The molecule has 330 valence electrons. The van der Waals surface area contributed by atoms with Gasteiger partial charge in [0.25, 0.3) is 0 Å². The fourth-order valence-electron chi connectivity index (χ4n) is 12.7. The topological polar surface area (TPSA) is 44.8 Å². The number of benzene rings is 1. The second-order valence-electron chi connectivity index (χ2n) is 20.9. The summed E-state index contributed by atoms with van der Waals surface area (Å²) in [6, 6.07) is 5.74. The Morgan fingerprint density at radius 1 is 0.690 bits per heavy atom. The molecule has 0 spiro atoms. The maximum atomic E-state index is 13.8. The van der Waals surface area contributed by atoms with Crippen molar-refractivity contribution < 1.29 is 19.0 Å². The molecular formula is C54H90O4. The van der Waals surface area contributed by atoms with Gasteiger partial charge < -0.3 is 14.2 Å². The predicted molar refractivity (Wildman–Crippen MR) is 245 cm³/mol. The monoisotopic (exact) mass is 803 g/mol. The molecule has 0 bridgehead atoms. The molecule has 1 aromatic carbocycles. The highest BCUT2D eigenvalue weighted by Crippen LogP contribution is 2.67. The molecule has 3 fully saturated rings. The molecule has 0 N–H and O–H groups in total. The quantitative estimate of drug-likeness (QED) is 0.0505. The summed E-state index contributed by atoms with van der Waals surface area (Å²) in [6.45, 7) is 18.5. The number of hydrogen-bond donors (Lipinski definition) is 0. The summed E-state index contributed by atoms with van der Waals surface area (Å²) < 4.78 is 19.0. The van der Waals surface area contributed by atoms with Crippen molar-refractivity contribution in [2.45, 2.75) is 228 Å². The number of fused-ring (bicyclic) bond motifs is 5. The van der Waals surface area contributed by atoms with Gasteiger partial charge in [0, 0.05) is 6.42 Å². The van der Waals surface area contributed by atoms with Crippen molar-refractivity contribution in [2.24, 2.45) is 46.3 Å². The Balaban J connectivity index is 1.15. The number of allylic oxidation sites excluding steroid dienone is 1. The van der Waals surface area contributed by atoms with Crippen molar-refractivity contribution in [3.05, 3.63) is 35.4 Å². The van der Waals surface area contributed by atoms with Crippen LogP contribution in [0.25, 0.3) is 0 Å². The van der Waals surface area contributed by atoms with Crippen LogP contribution in [-0.4, -0.2) is 25.3 Å². The van der Waals surface area contributed by atoms with Crippen LogP contribution >= 0.6 is 0 Å². The van der Waals surface area contributed by atoms with Crippen LogP contribution in [0.5, 0.6) is 11.5 Å². The third-order valence-corrected chi connectivity index (χ3v) is 16.2. The Morgan fingerprint density at radius 3 is 1.95 bits per heavy atom. The van der Waals surface area contributed by atoms with Gasteiger partial charge in [0.05, 0.1) is 18.8 Å². The first kappa shape index (κ1) is 47.1. The van der Waals surface area contributed by atoms with Gasteiger partial charge in [-0.2, -0.15) is 0 Å². The minimum atomic E-state index is -0.220. The molecule has 5 rings (SSSR count). The summed E-state index contributed by atoms with van der Waals surface area (Å²) in [5, 5.41) is 0. The number of carbonyl (C=O) groups excluding carboxylic acids is 1. The first-order chi connectivity index (χ1) is 28.1. The Labute approximate surface area is 358 Å². The van der Waals surface area contributed by atoms with Crippen molar-refractivity contribution in [1.29, 1.82) is 0 Å². The van der Waals surface area contributed by atoms with E-state index < -0.39 is 0 Å². The van der Waals surface area contributed by atoms with Gasteiger partial charge in [-0.25, -0.2) is 4.79 Å². The van der Waals surface area contributed by atoms with E-state index >= 15 is 0 Å². The number of rotatable bonds is 27. The number of unbranched alkanes of at least 4 members (excludes halogenated alkanes) is 14. The molecule has 4 nitrogen and oxygen atoms in total. The lowest BCUT2D eigenvalue weighted by Gasteiger charge is -2.58. The van der Waals surface area contributed by atoms with Crippen LogP contribution in [0.2, 0.25) is 0 Å². The summed E-state index contributed by atoms with van der Waals surface area (Å²) in [5.41, 5.74) is 2.92. The highest BCUT2D eigenvalue weighted by Gasteiger charge is 2.59. The molecule has 58 heavy (non-hydrogen) atoms. The average Bonchev–Trinajstić information content (AvgIpc) is 3.57. The minimum Gasteiger partial charge on any atom is -0.490 e. The summed E-state index contributed by atoms with van der Waals surface area (Å²) in [4.78, 5) is 13.8. The first-order valence-electron chi connectivity index (χ1n) is 25.4.